The van der Waals surface area contributed by atoms with Crippen LogP contribution in [0.25, 0.3) is 21.8 Å². The Hall–Kier alpha value is -2.03. The van der Waals surface area contributed by atoms with E-state index in [4.69, 9.17) is 4.74 Å². The summed E-state index contributed by atoms with van der Waals surface area (Å²) in [5.74, 6) is 0.687. The summed E-state index contributed by atoms with van der Waals surface area (Å²) in [6.07, 6.45) is 1.84. The van der Waals surface area contributed by atoms with Crippen LogP contribution in [0.3, 0.4) is 0 Å². The molecule has 0 atom stereocenters. The number of nitrogens with one attached hydrogen (secondary N) is 1. The molecule has 0 amide bonds. The summed E-state index contributed by atoms with van der Waals surface area (Å²) >= 11 is 0. The molecule has 2 aromatic heterocycles. The van der Waals surface area contributed by atoms with Gasteiger partial charge in [0.15, 0.2) is 0 Å². The maximum atomic E-state index is 5.77. The van der Waals surface area contributed by atoms with Gasteiger partial charge in [0.2, 0.25) is 5.88 Å². The minimum atomic E-state index is 0.136. The first-order valence-corrected chi connectivity index (χ1v) is 6.52. The first-order chi connectivity index (χ1) is 9.03. The van der Waals surface area contributed by atoms with Crippen molar-refractivity contribution in [1.29, 1.82) is 0 Å². The second-order valence-corrected chi connectivity index (χ2v) is 6.09. The van der Waals surface area contributed by atoms with Gasteiger partial charge in [-0.2, -0.15) is 0 Å². The van der Waals surface area contributed by atoms with E-state index in [1.54, 1.807) is 0 Å². The van der Waals surface area contributed by atoms with Crippen molar-refractivity contribution in [2.75, 3.05) is 6.61 Å². The fraction of sp³-hybridized carbons (Fsp3) is 0.312. The van der Waals surface area contributed by atoms with Crippen molar-refractivity contribution in [3.63, 3.8) is 0 Å². The van der Waals surface area contributed by atoms with E-state index in [-0.39, 0.29) is 5.41 Å². The van der Waals surface area contributed by atoms with E-state index in [1.165, 1.54) is 5.39 Å². The average molecular weight is 254 g/mol. The molecule has 0 spiro atoms. The highest BCUT2D eigenvalue weighted by molar-refractivity contribution is 6.07. The lowest BCUT2D eigenvalue weighted by atomic mass is 9.99. The third-order valence-electron chi connectivity index (χ3n) is 3.02. The van der Waals surface area contributed by atoms with Crippen LogP contribution in [0.15, 0.2) is 36.5 Å². The van der Waals surface area contributed by atoms with E-state index in [1.807, 2.05) is 24.4 Å². The zero-order valence-electron chi connectivity index (χ0n) is 11.5. The van der Waals surface area contributed by atoms with Gasteiger partial charge in [-0.1, -0.05) is 39.0 Å². The first kappa shape index (κ1) is 12.0. The number of nitrogens with zero attached hydrogens (tertiary/aromatic N) is 1. The van der Waals surface area contributed by atoms with E-state index in [0.717, 1.165) is 16.4 Å². The van der Waals surface area contributed by atoms with Crippen molar-refractivity contribution in [3.8, 4) is 5.88 Å². The van der Waals surface area contributed by atoms with Gasteiger partial charge in [0.1, 0.15) is 0 Å². The number of hydrogen-bond acceptors (Lipinski definition) is 2. The van der Waals surface area contributed by atoms with Gasteiger partial charge in [0, 0.05) is 22.4 Å². The summed E-state index contributed by atoms with van der Waals surface area (Å²) in [6, 6.07) is 10.3. The molecule has 0 bridgehead atoms. The molecule has 19 heavy (non-hydrogen) atoms. The molecule has 1 aromatic carbocycles. The lowest BCUT2D eigenvalue weighted by molar-refractivity contribution is 0.192. The van der Waals surface area contributed by atoms with Crippen molar-refractivity contribution in [2.24, 2.45) is 5.41 Å². The summed E-state index contributed by atoms with van der Waals surface area (Å²) in [4.78, 5) is 7.71. The Kier molecular flexibility index (Phi) is 2.70. The number of rotatable bonds is 2. The lowest BCUT2D eigenvalue weighted by Crippen LogP contribution is -2.17. The first-order valence-electron chi connectivity index (χ1n) is 6.52. The highest BCUT2D eigenvalue weighted by Gasteiger charge is 2.12. The van der Waals surface area contributed by atoms with Crippen molar-refractivity contribution in [3.05, 3.63) is 36.5 Å². The molecule has 0 saturated heterocycles. The largest absolute Gasteiger partial charge is 0.477 e. The van der Waals surface area contributed by atoms with Gasteiger partial charge in [0.05, 0.1) is 18.3 Å². The molecule has 0 unspecified atom stereocenters. The van der Waals surface area contributed by atoms with Crippen molar-refractivity contribution < 1.29 is 4.74 Å². The average Bonchev–Trinajstić information content (AvgIpc) is 2.73. The number of aromatic nitrogens is 2. The summed E-state index contributed by atoms with van der Waals surface area (Å²) in [7, 11) is 0. The Labute approximate surface area is 112 Å². The Morgan fingerprint density at radius 2 is 1.89 bits per heavy atom. The normalized spacial score (nSPS) is 12.2. The lowest BCUT2D eigenvalue weighted by Gasteiger charge is -2.18. The Bertz CT molecular complexity index is 722. The number of pyridine rings is 1. The molecule has 98 valence electrons. The molecule has 2 heterocycles. The van der Waals surface area contributed by atoms with Crippen LogP contribution in [0.5, 0.6) is 5.88 Å². The van der Waals surface area contributed by atoms with Crippen LogP contribution in [0.4, 0.5) is 0 Å². The van der Waals surface area contributed by atoms with Gasteiger partial charge < -0.3 is 9.72 Å². The van der Waals surface area contributed by atoms with Gasteiger partial charge in [-0.3, -0.25) is 0 Å². The zero-order chi connectivity index (χ0) is 13.5. The molecular weight excluding hydrogens is 236 g/mol. The molecule has 0 aliphatic carbocycles. The Balaban J connectivity index is 2.02. The zero-order valence-corrected chi connectivity index (χ0v) is 11.5. The van der Waals surface area contributed by atoms with E-state index < -0.39 is 0 Å². The van der Waals surface area contributed by atoms with Crippen LogP contribution < -0.4 is 4.74 Å². The van der Waals surface area contributed by atoms with Gasteiger partial charge in [0.25, 0.3) is 0 Å². The van der Waals surface area contributed by atoms with Crippen LogP contribution >= 0.6 is 0 Å². The number of hydrogen-bond donors (Lipinski definition) is 1. The fourth-order valence-corrected chi connectivity index (χ4v) is 2.10. The summed E-state index contributed by atoms with van der Waals surface area (Å²) in [5.41, 5.74) is 2.31. The van der Waals surface area contributed by atoms with Crippen molar-refractivity contribution >= 4 is 21.8 Å². The number of para-hydroxylation sites is 1. The van der Waals surface area contributed by atoms with Crippen LogP contribution in [-0.4, -0.2) is 16.6 Å². The number of benzene rings is 1. The molecule has 0 aliphatic heterocycles. The third kappa shape index (κ3) is 2.41. The van der Waals surface area contributed by atoms with Gasteiger partial charge in [-0.05, 0) is 11.5 Å². The van der Waals surface area contributed by atoms with E-state index >= 15 is 0 Å². The highest BCUT2D eigenvalue weighted by Crippen LogP contribution is 2.27. The molecule has 0 fully saturated rings. The smallest absolute Gasteiger partial charge is 0.213 e. The van der Waals surface area contributed by atoms with Crippen LogP contribution in [0, 0.1) is 5.41 Å². The minimum Gasteiger partial charge on any atom is -0.477 e. The second kappa shape index (κ2) is 4.26. The SMILES string of the molecule is CC(C)(C)COc1cc2c(cn1)[nH]c1ccccc12. The number of ether oxygens (including phenoxy) is 1. The summed E-state index contributed by atoms with van der Waals surface area (Å²) in [5, 5.41) is 2.37. The standard InChI is InChI=1S/C16H18N2O/c1-16(2,3)10-19-15-8-12-11-6-4-5-7-13(11)18-14(12)9-17-15/h4-9,18H,10H2,1-3H3. The molecule has 1 N–H and O–H groups in total. The number of H-pyrrole nitrogens is 1. The van der Waals surface area contributed by atoms with Gasteiger partial charge in [-0.25, -0.2) is 4.98 Å². The molecular formula is C16H18N2O. The Morgan fingerprint density at radius 3 is 2.68 bits per heavy atom. The predicted molar refractivity (Wildman–Crippen MR) is 78.5 cm³/mol. The van der Waals surface area contributed by atoms with Gasteiger partial charge in [-0.15, -0.1) is 0 Å². The maximum Gasteiger partial charge on any atom is 0.213 e. The van der Waals surface area contributed by atoms with Gasteiger partial charge >= 0.3 is 0 Å². The van der Waals surface area contributed by atoms with Crippen molar-refractivity contribution in [2.45, 2.75) is 20.8 Å². The second-order valence-electron chi connectivity index (χ2n) is 6.09. The van der Waals surface area contributed by atoms with E-state index in [9.17, 15) is 0 Å². The molecule has 3 heteroatoms. The van der Waals surface area contributed by atoms with Crippen molar-refractivity contribution in [1.82, 2.24) is 9.97 Å². The van der Waals surface area contributed by atoms with Crippen LogP contribution in [0.2, 0.25) is 0 Å². The minimum absolute atomic E-state index is 0.136. The molecule has 3 nitrogen and oxygen atoms in total. The quantitative estimate of drug-likeness (QED) is 0.746. The third-order valence-corrected chi connectivity index (χ3v) is 3.02. The fourth-order valence-electron chi connectivity index (χ4n) is 2.10. The molecule has 0 radical (unpaired) electrons. The van der Waals surface area contributed by atoms with E-state index in [2.05, 4.69) is 42.9 Å². The van der Waals surface area contributed by atoms with E-state index in [0.29, 0.717) is 12.5 Å². The predicted octanol–water partition coefficient (Wildman–Crippen LogP) is 4.14. The number of fused-ring (bicyclic) bond motifs is 3. The number of aromatic amines is 1. The molecule has 3 aromatic rings. The Morgan fingerprint density at radius 1 is 1.11 bits per heavy atom. The van der Waals surface area contributed by atoms with Crippen LogP contribution in [0.1, 0.15) is 20.8 Å². The highest BCUT2D eigenvalue weighted by atomic mass is 16.5. The monoisotopic (exact) mass is 254 g/mol. The molecule has 0 saturated carbocycles. The molecule has 3 rings (SSSR count). The summed E-state index contributed by atoms with van der Waals surface area (Å²) < 4.78 is 5.77. The molecule has 0 aliphatic rings. The summed E-state index contributed by atoms with van der Waals surface area (Å²) in [6.45, 7) is 7.11. The topological polar surface area (TPSA) is 37.9 Å². The van der Waals surface area contributed by atoms with Crippen LogP contribution in [-0.2, 0) is 0 Å². The maximum absolute atomic E-state index is 5.77.